The van der Waals surface area contributed by atoms with Crippen molar-refractivity contribution in [3.05, 3.63) is 42.0 Å². The molecule has 0 aliphatic heterocycles. The number of ether oxygens (including phenoxy) is 1. The fourth-order valence-corrected chi connectivity index (χ4v) is 1.98. The average Bonchev–Trinajstić information content (AvgIpc) is 2.84. The highest BCUT2D eigenvalue weighted by Crippen LogP contribution is 2.19. The summed E-state index contributed by atoms with van der Waals surface area (Å²) in [7, 11) is 1.95. The van der Waals surface area contributed by atoms with Gasteiger partial charge in [0.15, 0.2) is 0 Å². The predicted molar refractivity (Wildman–Crippen MR) is 73.9 cm³/mol. The lowest BCUT2D eigenvalue weighted by atomic mass is 10.2. The van der Waals surface area contributed by atoms with Crippen LogP contribution in [0, 0.1) is 0 Å². The van der Waals surface area contributed by atoms with Crippen molar-refractivity contribution in [3.63, 3.8) is 0 Å². The van der Waals surface area contributed by atoms with Crippen molar-refractivity contribution < 1.29 is 4.74 Å². The lowest BCUT2D eigenvalue weighted by molar-refractivity contribution is 0.334. The molecule has 0 saturated carbocycles. The molecule has 0 spiro atoms. The number of hydrogen-bond acceptors (Lipinski definition) is 4. The Hall–Kier alpha value is -1.88. The molecule has 1 N–H and O–H groups in total. The first kappa shape index (κ1) is 13.5. The number of benzene rings is 1. The molecule has 5 nitrogen and oxygen atoms in total. The van der Waals surface area contributed by atoms with Crippen LogP contribution in [0.25, 0.3) is 0 Å². The number of hydrogen-bond donors (Lipinski definition) is 1. The first-order chi connectivity index (χ1) is 9.22. The van der Waals surface area contributed by atoms with E-state index in [-0.39, 0.29) is 6.04 Å². The Morgan fingerprint density at radius 1 is 1.37 bits per heavy atom. The fourth-order valence-electron chi connectivity index (χ4n) is 1.98. The highest BCUT2D eigenvalue weighted by atomic mass is 16.5. The van der Waals surface area contributed by atoms with Crippen LogP contribution < -0.4 is 10.1 Å². The second-order valence-electron chi connectivity index (χ2n) is 4.44. The number of rotatable bonds is 6. The summed E-state index contributed by atoms with van der Waals surface area (Å²) in [4.78, 5) is 0. The largest absolute Gasteiger partial charge is 0.494 e. The van der Waals surface area contributed by atoms with E-state index in [4.69, 9.17) is 4.74 Å². The molecule has 0 bridgehead atoms. The third kappa shape index (κ3) is 3.32. The molecule has 102 valence electrons. The predicted octanol–water partition coefficient (Wildman–Crippen LogP) is 2.06. The van der Waals surface area contributed by atoms with Gasteiger partial charge in [-0.25, -0.2) is 0 Å². The Labute approximate surface area is 113 Å². The van der Waals surface area contributed by atoms with Crippen molar-refractivity contribution >= 4 is 0 Å². The molecule has 1 heterocycles. The van der Waals surface area contributed by atoms with Crippen LogP contribution in [0.5, 0.6) is 5.75 Å². The van der Waals surface area contributed by atoms with Crippen LogP contribution in [0.4, 0.5) is 0 Å². The van der Waals surface area contributed by atoms with Crippen molar-refractivity contribution in [1.82, 2.24) is 20.1 Å². The quantitative estimate of drug-likeness (QED) is 0.864. The summed E-state index contributed by atoms with van der Waals surface area (Å²) in [6, 6.07) is 8.21. The molecule has 0 radical (unpaired) electrons. The van der Waals surface area contributed by atoms with Gasteiger partial charge in [0, 0.05) is 19.2 Å². The maximum Gasteiger partial charge on any atom is 0.149 e. The van der Waals surface area contributed by atoms with E-state index in [0.717, 1.165) is 23.7 Å². The zero-order chi connectivity index (χ0) is 13.7. The highest BCUT2D eigenvalue weighted by molar-refractivity contribution is 5.33. The lowest BCUT2D eigenvalue weighted by Crippen LogP contribution is -2.21. The van der Waals surface area contributed by atoms with E-state index in [0.29, 0.717) is 6.61 Å². The SMILES string of the molecule is CCOc1ccccc1CNC(C)c1nncn1C. The topological polar surface area (TPSA) is 52.0 Å². The summed E-state index contributed by atoms with van der Waals surface area (Å²) in [5.74, 6) is 1.86. The van der Waals surface area contributed by atoms with E-state index in [1.165, 1.54) is 0 Å². The van der Waals surface area contributed by atoms with Gasteiger partial charge in [-0.05, 0) is 19.9 Å². The van der Waals surface area contributed by atoms with Gasteiger partial charge in [-0.3, -0.25) is 0 Å². The molecule has 0 aliphatic carbocycles. The van der Waals surface area contributed by atoms with E-state index in [9.17, 15) is 0 Å². The summed E-state index contributed by atoms with van der Waals surface area (Å²) < 4.78 is 7.53. The fraction of sp³-hybridized carbons (Fsp3) is 0.429. The molecule has 5 heteroatoms. The van der Waals surface area contributed by atoms with Crippen molar-refractivity contribution in [1.29, 1.82) is 0 Å². The minimum atomic E-state index is 0.141. The van der Waals surface area contributed by atoms with Crippen molar-refractivity contribution in [3.8, 4) is 5.75 Å². The Morgan fingerprint density at radius 2 is 2.16 bits per heavy atom. The molecule has 1 aromatic carbocycles. The zero-order valence-corrected chi connectivity index (χ0v) is 11.6. The molecule has 0 fully saturated rings. The highest BCUT2D eigenvalue weighted by Gasteiger charge is 2.11. The smallest absolute Gasteiger partial charge is 0.149 e. The molecular weight excluding hydrogens is 240 g/mol. The third-order valence-corrected chi connectivity index (χ3v) is 3.00. The van der Waals surface area contributed by atoms with Crippen molar-refractivity contribution in [2.45, 2.75) is 26.4 Å². The van der Waals surface area contributed by atoms with Gasteiger partial charge in [-0.15, -0.1) is 10.2 Å². The maximum absolute atomic E-state index is 5.61. The van der Waals surface area contributed by atoms with Crippen LogP contribution in [0.1, 0.15) is 31.3 Å². The zero-order valence-electron chi connectivity index (χ0n) is 11.6. The van der Waals surface area contributed by atoms with Crippen molar-refractivity contribution in [2.75, 3.05) is 6.61 Å². The van der Waals surface area contributed by atoms with Crippen LogP contribution >= 0.6 is 0 Å². The number of aromatic nitrogens is 3. The van der Waals surface area contributed by atoms with Crippen LogP contribution in [0.15, 0.2) is 30.6 Å². The molecule has 19 heavy (non-hydrogen) atoms. The second kappa shape index (κ2) is 6.33. The number of para-hydroxylation sites is 1. The van der Waals surface area contributed by atoms with Gasteiger partial charge in [0.05, 0.1) is 12.6 Å². The summed E-state index contributed by atoms with van der Waals surface area (Å²) in [6.07, 6.45) is 1.71. The van der Waals surface area contributed by atoms with Crippen LogP contribution in [-0.2, 0) is 13.6 Å². The van der Waals surface area contributed by atoms with Crippen molar-refractivity contribution in [2.24, 2.45) is 7.05 Å². The molecule has 0 aliphatic rings. The minimum absolute atomic E-state index is 0.141. The van der Waals surface area contributed by atoms with Crippen LogP contribution in [0.2, 0.25) is 0 Å². The van der Waals surface area contributed by atoms with Crippen LogP contribution in [0.3, 0.4) is 0 Å². The Morgan fingerprint density at radius 3 is 2.84 bits per heavy atom. The maximum atomic E-state index is 5.61. The molecule has 1 aromatic heterocycles. The van der Waals surface area contributed by atoms with E-state index in [1.54, 1.807) is 6.33 Å². The average molecular weight is 260 g/mol. The van der Waals surface area contributed by atoms with E-state index in [1.807, 2.05) is 36.7 Å². The Kier molecular flexibility index (Phi) is 4.52. The summed E-state index contributed by atoms with van der Waals surface area (Å²) >= 11 is 0. The Bertz CT molecular complexity index is 524. The van der Waals surface area contributed by atoms with Crippen LogP contribution in [-0.4, -0.2) is 21.4 Å². The van der Waals surface area contributed by atoms with E-state index in [2.05, 4.69) is 28.5 Å². The number of aryl methyl sites for hydroxylation is 1. The lowest BCUT2D eigenvalue weighted by Gasteiger charge is -2.15. The molecule has 0 amide bonds. The Balaban J connectivity index is 2.01. The minimum Gasteiger partial charge on any atom is -0.494 e. The molecule has 1 atom stereocenters. The molecule has 2 aromatic rings. The van der Waals surface area contributed by atoms with E-state index >= 15 is 0 Å². The standard InChI is InChI=1S/C14H20N4O/c1-4-19-13-8-6-5-7-12(13)9-15-11(2)14-17-16-10-18(14)3/h5-8,10-11,15H,4,9H2,1-3H3. The van der Waals surface area contributed by atoms with Gasteiger partial charge in [-0.1, -0.05) is 18.2 Å². The molecule has 1 unspecified atom stereocenters. The van der Waals surface area contributed by atoms with Gasteiger partial charge in [0.2, 0.25) is 0 Å². The third-order valence-electron chi connectivity index (χ3n) is 3.00. The van der Waals surface area contributed by atoms with Gasteiger partial charge in [0.1, 0.15) is 17.9 Å². The van der Waals surface area contributed by atoms with E-state index < -0.39 is 0 Å². The molecule has 0 saturated heterocycles. The monoisotopic (exact) mass is 260 g/mol. The number of nitrogens with zero attached hydrogens (tertiary/aromatic N) is 3. The normalized spacial score (nSPS) is 12.4. The molecular formula is C14H20N4O. The second-order valence-corrected chi connectivity index (χ2v) is 4.44. The molecule has 2 rings (SSSR count). The van der Waals surface area contributed by atoms with Gasteiger partial charge < -0.3 is 14.6 Å². The first-order valence-corrected chi connectivity index (χ1v) is 6.50. The number of nitrogens with one attached hydrogen (secondary N) is 1. The summed E-state index contributed by atoms with van der Waals surface area (Å²) in [5, 5.41) is 11.4. The van der Waals surface area contributed by atoms with Gasteiger partial charge >= 0.3 is 0 Å². The van der Waals surface area contributed by atoms with Gasteiger partial charge in [0.25, 0.3) is 0 Å². The van der Waals surface area contributed by atoms with Gasteiger partial charge in [-0.2, -0.15) is 0 Å². The summed E-state index contributed by atoms with van der Waals surface area (Å²) in [6.45, 7) is 5.49. The first-order valence-electron chi connectivity index (χ1n) is 6.50. The summed E-state index contributed by atoms with van der Waals surface area (Å²) in [5.41, 5.74) is 1.15.